The molecule has 1 aliphatic carbocycles. The van der Waals surface area contributed by atoms with Crippen molar-refractivity contribution in [2.45, 2.75) is 38.5 Å². The van der Waals surface area contributed by atoms with Gasteiger partial charge in [-0.2, -0.15) is 0 Å². The Kier molecular flexibility index (Phi) is 3.98. The summed E-state index contributed by atoms with van der Waals surface area (Å²) in [7, 11) is 0. The van der Waals surface area contributed by atoms with Crippen molar-refractivity contribution in [3.05, 3.63) is 89.0 Å². The summed E-state index contributed by atoms with van der Waals surface area (Å²) in [5.74, 6) is 0.641. The largest absolute Gasteiger partial charge is 0.0985 e. The van der Waals surface area contributed by atoms with Crippen LogP contribution in [0.2, 0.25) is 0 Å². The van der Waals surface area contributed by atoms with Gasteiger partial charge in [0.15, 0.2) is 0 Å². The lowest BCUT2D eigenvalue weighted by atomic mass is 9.79. The highest BCUT2D eigenvalue weighted by molar-refractivity contribution is 5.84. The zero-order chi connectivity index (χ0) is 16.5. The van der Waals surface area contributed by atoms with Crippen molar-refractivity contribution < 1.29 is 0 Å². The van der Waals surface area contributed by atoms with Crippen LogP contribution in [0.15, 0.2) is 61.2 Å². The minimum atomic E-state index is 0.641. The number of hydrogen-bond acceptors (Lipinski definition) is 0. The van der Waals surface area contributed by atoms with E-state index >= 15 is 0 Å². The molecule has 0 fully saturated rings. The van der Waals surface area contributed by atoms with E-state index in [-0.39, 0.29) is 0 Å². The summed E-state index contributed by atoms with van der Waals surface area (Å²) >= 11 is 0. The van der Waals surface area contributed by atoms with Crippen molar-refractivity contribution in [3.63, 3.8) is 0 Å². The van der Waals surface area contributed by atoms with Crippen LogP contribution in [0.3, 0.4) is 0 Å². The topological polar surface area (TPSA) is 0 Å². The Hall–Kier alpha value is -2.34. The van der Waals surface area contributed by atoms with Crippen molar-refractivity contribution in [2.24, 2.45) is 0 Å². The van der Waals surface area contributed by atoms with E-state index in [1.807, 2.05) is 6.08 Å². The number of hydrogen-bond donors (Lipinski definition) is 0. The summed E-state index contributed by atoms with van der Waals surface area (Å²) in [6.45, 7) is 6.10. The third-order valence-electron chi connectivity index (χ3n) is 5.50. The first-order valence-corrected chi connectivity index (χ1v) is 9.03. The van der Waals surface area contributed by atoms with E-state index in [0.717, 1.165) is 12.8 Å². The second-order valence-electron chi connectivity index (χ2n) is 6.97. The van der Waals surface area contributed by atoms with Crippen LogP contribution in [0.5, 0.6) is 0 Å². The van der Waals surface area contributed by atoms with Gasteiger partial charge in [0.25, 0.3) is 0 Å². The van der Waals surface area contributed by atoms with Crippen LogP contribution in [0.25, 0.3) is 16.8 Å². The van der Waals surface area contributed by atoms with Crippen LogP contribution < -0.4 is 0 Å². The van der Waals surface area contributed by atoms with E-state index in [2.05, 4.69) is 68.1 Å². The standard InChI is InChI=1S/C24H24/c1-3-17-5-7-21-15-23(11-9-19(21)13-17)24-12-10-20-14-18(4-2)6-8-22(20)16-24/h3,5-8,10,12-14,16,23H,1,4,9,11,15H2,2H3. The predicted octanol–water partition coefficient (Wildman–Crippen LogP) is 6.32. The minimum Gasteiger partial charge on any atom is -0.0985 e. The molecule has 1 atom stereocenters. The molecule has 1 unspecified atom stereocenters. The number of aryl methyl sites for hydroxylation is 2. The number of fused-ring (bicyclic) bond motifs is 2. The van der Waals surface area contributed by atoms with Gasteiger partial charge in [-0.15, -0.1) is 0 Å². The first kappa shape index (κ1) is 15.2. The Morgan fingerprint density at radius 2 is 1.79 bits per heavy atom. The maximum Gasteiger partial charge on any atom is -0.0118 e. The van der Waals surface area contributed by atoms with E-state index < -0.39 is 0 Å². The maximum absolute atomic E-state index is 3.88. The van der Waals surface area contributed by atoms with Crippen LogP contribution in [0, 0.1) is 0 Å². The number of benzene rings is 3. The smallest absolute Gasteiger partial charge is 0.0118 e. The van der Waals surface area contributed by atoms with Crippen LogP contribution in [0.4, 0.5) is 0 Å². The third kappa shape index (κ3) is 2.78. The normalized spacial score (nSPS) is 16.8. The molecule has 0 amide bonds. The molecule has 0 spiro atoms. The zero-order valence-corrected chi connectivity index (χ0v) is 14.4. The van der Waals surface area contributed by atoms with Gasteiger partial charge in [-0.3, -0.25) is 0 Å². The Morgan fingerprint density at radius 3 is 2.62 bits per heavy atom. The molecule has 0 saturated carbocycles. The van der Waals surface area contributed by atoms with Crippen molar-refractivity contribution >= 4 is 16.8 Å². The van der Waals surface area contributed by atoms with Gasteiger partial charge < -0.3 is 0 Å². The molecule has 0 heteroatoms. The molecule has 0 heterocycles. The molecular weight excluding hydrogens is 288 g/mol. The summed E-state index contributed by atoms with van der Waals surface area (Å²) in [6, 6.07) is 20.7. The van der Waals surface area contributed by atoms with E-state index in [4.69, 9.17) is 0 Å². The molecule has 0 aliphatic heterocycles. The van der Waals surface area contributed by atoms with Gasteiger partial charge in [0, 0.05) is 0 Å². The Balaban J connectivity index is 1.64. The van der Waals surface area contributed by atoms with E-state index in [1.165, 1.54) is 51.4 Å². The Morgan fingerprint density at radius 1 is 0.958 bits per heavy atom. The summed E-state index contributed by atoms with van der Waals surface area (Å²) in [5, 5.41) is 2.74. The lowest BCUT2D eigenvalue weighted by molar-refractivity contribution is 0.585. The zero-order valence-electron chi connectivity index (χ0n) is 14.4. The van der Waals surface area contributed by atoms with Gasteiger partial charge in [-0.25, -0.2) is 0 Å². The van der Waals surface area contributed by atoms with E-state index in [1.54, 1.807) is 0 Å². The van der Waals surface area contributed by atoms with Gasteiger partial charge in [-0.1, -0.05) is 74.2 Å². The van der Waals surface area contributed by atoms with Gasteiger partial charge in [0.1, 0.15) is 0 Å². The van der Waals surface area contributed by atoms with Gasteiger partial charge >= 0.3 is 0 Å². The lowest BCUT2D eigenvalue weighted by Gasteiger charge is -2.25. The molecule has 120 valence electrons. The molecule has 0 saturated heterocycles. The van der Waals surface area contributed by atoms with Crippen molar-refractivity contribution in [1.82, 2.24) is 0 Å². The molecule has 0 aromatic heterocycles. The fraction of sp³-hybridized carbons (Fsp3) is 0.250. The third-order valence-corrected chi connectivity index (χ3v) is 5.50. The molecular formula is C24H24. The SMILES string of the molecule is C=Cc1ccc2c(c1)CCC(c1ccc3cc(CC)ccc3c1)C2. The summed E-state index contributed by atoms with van der Waals surface area (Å²) in [4.78, 5) is 0. The molecule has 4 rings (SSSR count). The molecule has 0 bridgehead atoms. The first-order chi connectivity index (χ1) is 11.8. The monoisotopic (exact) mass is 312 g/mol. The van der Waals surface area contributed by atoms with Crippen molar-refractivity contribution in [3.8, 4) is 0 Å². The average molecular weight is 312 g/mol. The molecule has 0 radical (unpaired) electrons. The van der Waals surface area contributed by atoms with Crippen molar-refractivity contribution in [1.29, 1.82) is 0 Å². The molecule has 24 heavy (non-hydrogen) atoms. The summed E-state index contributed by atoms with van der Waals surface area (Å²) < 4.78 is 0. The fourth-order valence-corrected chi connectivity index (χ4v) is 3.97. The molecule has 0 N–H and O–H groups in total. The Labute approximate surface area is 144 Å². The van der Waals surface area contributed by atoms with E-state index in [0.29, 0.717) is 5.92 Å². The highest BCUT2D eigenvalue weighted by Gasteiger charge is 2.20. The second-order valence-corrected chi connectivity index (χ2v) is 6.97. The molecule has 3 aromatic carbocycles. The molecule has 3 aromatic rings. The highest BCUT2D eigenvalue weighted by Crippen LogP contribution is 2.34. The fourth-order valence-electron chi connectivity index (χ4n) is 3.97. The van der Waals surface area contributed by atoms with Crippen LogP contribution in [-0.4, -0.2) is 0 Å². The molecule has 0 nitrogen and oxygen atoms in total. The van der Waals surface area contributed by atoms with Crippen LogP contribution >= 0.6 is 0 Å². The van der Waals surface area contributed by atoms with Gasteiger partial charge in [0.2, 0.25) is 0 Å². The van der Waals surface area contributed by atoms with Crippen LogP contribution in [-0.2, 0) is 19.3 Å². The number of rotatable bonds is 3. The quantitative estimate of drug-likeness (QED) is 0.531. The van der Waals surface area contributed by atoms with E-state index in [9.17, 15) is 0 Å². The second kappa shape index (κ2) is 6.28. The maximum atomic E-state index is 3.88. The van der Waals surface area contributed by atoms with Crippen LogP contribution in [0.1, 0.15) is 47.1 Å². The lowest BCUT2D eigenvalue weighted by Crippen LogP contribution is -2.12. The van der Waals surface area contributed by atoms with Gasteiger partial charge in [0.05, 0.1) is 0 Å². The predicted molar refractivity (Wildman–Crippen MR) is 105 cm³/mol. The molecule has 1 aliphatic rings. The Bertz CT molecular complexity index is 901. The summed E-state index contributed by atoms with van der Waals surface area (Å²) in [6.07, 6.45) is 6.62. The first-order valence-electron chi connectivity index (χ1n) is 9.03. The van der Waals surface area contributed by atoms with Gasteiger partial charge in [-0.05, 0) is 70.2 Å². The highest BCUT2D eigenvalue weighted by atomic mass is 14.2. The van der Waals surface area contributed by atoms with Crippen molar-refractivity contribution in [2.75, 3.05) is 0 Å². The summed E-state index contributed by atoms with van der Waals surface area (Å²) in [5.41, 5.74) is 7.17. The minimum absolute atomic E-state index is 0.641. The average Bonchev–Trinajstić information content (AvgIpc) is 2.66.